The van der Waals surface area contributed by atoms with Gasteiger partial charge in [-0.2, -0.15) is 8.42 Å². The third-order valence-corrected chi connectivity index (χ3v) is 6.78. The molecule has 2 aromatic rings. The molecule has 0 heterocycles. The summed E-state index contributed by atoms with van der Waals surface area (Å²) in [5, 5.41) is 21.1. The zero-order chi connectivity index (χ0) is 26.1. The largest absolute Gasteiger partial charge is 0.449 e. The van der Waals surface area contributed by atoms with E-state index in [-0.39, 0.29) is 24.2 Å². The van der Waals surface area contributed by atoms with E-state index in [0.717, 1.165) is 5.56 Å². The van der Waals surface area contributed by atoms with Gasteiger partial charge < -0.3 is 19.7 Å². The van der Waals surface area contributed by atoms with Crippen molar-refractivity contribution in [2.24, 2.45) is 0 Å². The van der Waals surface area contributed by atoms with E-state index in [0.29, 0.717) is 5.56 Å². The highest BCUT2D eigenvalue weighted by molar-refractivity contribution is 7.86. The van der Waals surface area contributed by atoms with Crippen LogP contribution in [0.25, 0.3) is 0 Å². The minimum atomic E-state index is -4.33. The average molecular weight is 505 g/mol. The number of ether oxygens (including phenoxy) is 2. The molecule has 0 saturated heterocycles. The zero-order valence-electron chi connectivity index (χ0n) is 20.3. The van der Waals surface area contributed by atoms with E-state index in [9.17, 15) is 23.4 Å². The molecule has 0 aromatic heterocycles. The van der Waals surface area contributed by atoms with Gasteiger partial charge in [-0.05, 0) is 24.6 Å². The number of hydrogen-bond donors (Lipinski definition) is 2. The number of methoxy groups -OCH3 is 1. The van der Waals surface area contributed by atoms with Crippen molar-refractivity contribution in [2.45, 2.75) is 69.0 Å². The first-order valence-electron chi connectivity index (χ1n) is 11.1. The summed E-state index contributed by atoms with van der Waals surface area (Å²) in [5.74, 6) is 1.87. The lowest BCUT2D eigenvalue weighted by atomic mass is 9.88. The molecule has 0 aliphatic rings. The van der Waals surface area contributed by atoms with Crippen LogP contribution >= 0.6 is 0 Å². The highest BCUT2D eigenvalue weighted by Crippen LogP contribution is 2.36. The highest BCUT2D eigenvalue weighted by atomic mass is 32.2. The summed E-state index contributed by atoms with van der Waals surface area (Å²) in [4.78, 5) is 11.5. The Labute approximate surface area is 207 Å². The zero-order valence-corrected chi connectivity index (χ0v) is 21.1. The fourth-order valence-electron chi connectivity index (χ4n) is 3.32. The summed E-state index contributed by atoms with van der Waals surface area (Å²) in [5.41, 5.74) is 1.53. The quantitative estimate of drug-likeness (QED) is 0.207. The van der Waals surface area contributed by atoms with Gasteiger partial charge in [0.25, 0.3) is 10.1 Å². The summed E-state index contributed by atoms with van der Waals surface area (Å²) in [6.07, 6.45) is -2.31. The van der Waals surface area contributed by atoms with Gasteiger partial charge in [0.2, 0.25) is 0 Å². The van der Waals surface area contributed by atoms with Crippen molar-refractivity contribution in [1.82, 2.24) is 0 Å². The molecule has 0 aliphatic heterocycles. The fourth-order valence-corrected chi connectivity index (χ4v) is 4.49. The van der Waals surface area contributed by atoms with Crippen LogP contribution in [0.15, 0.2) is 59.5 Å². The van der Waals surface area contributed by atoms with Gasteiger partial charge in [0, 0.05) is 32.8 Å². The predicted octanol–water partition coefficient (Wildman–Crippen LogP) is 3.26. The summed E-state index contributed by atoms with van der Waals surface area (Å²) in [7, 11) is -3.01. The van der Waals surface area contributed by atoms with Crippen molar-refractivity contribution in [3.8, 4) is 11.8 Å². The van der Waals surface area contributed by atoms with E-state index in [1.807, 2.05) is 6.92 Å². The molecule has 0 fully saturated rings. The maximum Gasteiger partial charge on any atom is 0.303 e. The van der Waals surface area contributed by atoms with Crippen LogP contribution < -0.4 is 0 Å². The van der Waals surface area contributed by atoms with Gasteiger partial charge in [-0.25, -0.2) is 4.18 Å². The SMILES string of the molecule is COC(O)CC#CC(CC[C@@](O)(OS(=O)(=O)c1ccc(C)cc1)C(C)c1ccccc1)OC(C)=O. The second kappa shape index (κ2) is 12.8. The van der Waals surface area contributed by atoms with Crippen LogP contribution in [-0.4, -0.2) is 49.9 Å². The van der Waals surface area contributed by atoms with Crippen molar-refractivity contribution in [2.75, 3.05) is 7.11 Å². The Balaban J connectivity index is 2.35. The minimum absolute atomic E-state index is 0.0166. The third kappa shape index (κ3) is 8.76. The van der Waals surface area contributed by atoms with Crippen molar-refractivity contribution < 1.29 is 37.1 Å². The molecule has 0 saturated carbocycles. The lowest BCUT2D eigenvalue weighted by Gasteiger charge is -2.34. The van der Waals surface area contributed by atoms with Crippen molar-refractivity contribution in [3.63, 3.8) is 0 Å². The minimum Gasteiger partial charge on any atom is -0.449 e. The molecule has 8 nitrogen and oxygen atoms in total. The van der Waals surface area contributed by atoms with Gasteiger partial charge in [0.15, 0.2) is 18.2 Å². The van der Waals surface area contributed by atoms with Crippen LogP contribution in [0.3, 0.4) is 0 Å². The predicted molar refractivity (Wildman–Crippen MR) is 129 cm³/mol. The molecule has 2 rings (SSSR count). The Bertz CT molecular complexity index is 1120. The van der Waals surface area contributed by atoms with E-state index in [4.69, 9.17) is 13.7 Å². The van der Waals surface area contributed by atoms with Gasteiger partial charge >= 0.3 is 5.97 Å². The van der Waals surface area contributed by atoms with E-state index in [2.05, 4.69) is 11.8 Å². The fraction of sp³-hybridized carbons (Fsp3) is 0.423. The Morgan fingerprint density at radius 3 is 2.31 bits per heavy atom. The van der Waals surface area contributed by atoms with Gasteiger partial charge in [-0.15, -0.1) is 0 Å². The third-order valence-electron chi connectivity index (χ3n) is 5.42. The van der Waals surface area contributed by atoms with Crippen molar-refractivity contribution in [1.29, 1.82) is 0 Å². The molecule has 2 aromatic carbocycles. The van der Waals surface area contributed by atoms with E-state index >= 15 is 0 Å². The Hall–Kier alpha value is -2.74. The molecule has 2 N–H and O–H groups in total. The van der Waals surface area contributed by atoms with Gasteiger partial charge in [-0.3, -0.25) is 4.79 Å². The molecule has 9 heteroatoms. The Kier molecular flexibility index (Phi) is 10.4. The van der Waals surface area contributed by atoms with Crippen LogP contribution in [0.4, 0.5) is 0 Å². The maximum atomic E-state index is 13.1. The van der Waals surface area contributed by atoms with Crippen LogP contribution in [0.2, 0.25) is 0 Å². The number of benzene rings is 2. The number of aliphatic hydroxyl groups is 2. The monoisotopic (exact) mass is 504 g/mol. The molecule has 0 radical (unpaired) electrons. The summed E-state index contributed by atoms with van der Waals surface area (Å²) >= 11 is 0. The molecular formula is C26H32O8S. The molecule has 0 amide bonds. The van der Waals surface area contributed by atoms with E-state index in [1.54, 1.807) is 49.4 Å². The maximum absolute atomic E-state index is 13.1. The topological polar surface area (TPSA) is 119 Å². The lowest BCUT2D eigenvalue weighted by molar-refractivity contribution is -0.163. The van der Waals surface area contributed by atoms with Gasteiger partial charge in [0.1, 0.15) is 0 Å². The number of carbonyl (C=O) groups excluding carboxylic acids is 1. The summed E-state index contributed by atoms with van der Waals surface area (Å²) < 4.78 is 41.5. The van der Waals surface area contributed by atoms with Crippen LogP contribution in [-0.2, 0) is 28.6 Å². The molecule has 0 spiro atoms. The highest BCUT2D eigenvalue weighted by Gasteiger charge is 2.41. The summed E-state index contributed by atoms with van der Waals surface area (Å²) in [6, 6.07) is 15.0. The van der Waals surface area contributed by atoms with E-state index in [1.165, 1.54) is 26.2 Å². The van der Waals surface area contributed by atoms with Gasteiger partial charge in [0.05, 0.1) is 11.3 Å². The standard InChI is InChI=1S/C26H32O8S/c1-19-13-15-24(16-14-19)35(30,31)34-26(29,20(2)22-9-6-5-7-10-22)18-17-23(33-21(3)27)11-8-12-25(28)32-4/h5-7,9-10,13-16,20,23,25,28-29H,12,17-18H2,1-4H3/t20?,23?,25?,26-/m1/s1. The molecule has 0 bridgehead atoms. The van der Waals surface area contributed by atoms with Crippen LogP contribution in [0.5, 0.6) is 0 Å². The first kappa shape index (κ1) is 28.5. The number of esters is 1. The Morgan fingerprint density at radius 1 is 1.11 bits per heavy atom. The number of hydrogen-bond acceptors (Lipinski definition) is 8. The van der Waals surface area contributed by atoms with Crippen LogP contribution in [0, 0.1) is 18.8 Å². The normalized spacial score (nSPS) is 15.7. The molecule has 190 valence electrons. The Morgan fingerprint density at radius 2 is 1.74 bits per heavy atom. The van der Waals surface area contributed by atoms with Crippen molar-refractivity contribution in [3.05, 3.63) is 65.7 Å². The molecular weight excluding hydrogens is 472 g/mol. The molecule has 0 aliphatic carbocycles. The first-order chi connectivity index (χ1) is 16.5. The number of aliphatic hydroxyl groups excluding tert-OH is 1. The first-order valence-corrected chi connectivity index (χ1v) is 12.5. The lowest BCUT2D eigenvalue weighted by Crippen LogP contribution is -2.41. The van der Waals surface area contributed by atoms with Gasteiger partial charge in [-0.1, -0.05) is 66.8 Å². The average Bonchev–Trinajstić information content (AvgIpc) is 2.82. The van der Waals surface area contributed by atoms with E-state index < -0.39 is 40.2 Å². The molecule has 4 atom stereocenters. The molecule has 3 unspecified atom stereocenters. The number of aryl methyl sites for hydroxylation is 1. The van der Waals surface area contributed by atoms with Crippen molar-refractivity contribution >= 4 is 16.1 Å². The smallest absolute Gasteiger partial charge is 0.303 e. The molecule has 35 heavy (non-hydrogen) atoms. The van der Waals surface area contributed by atoms with Crippen LogP contribution in [0.1, 0.15) is 50.2 Å². The second-order valence-corrected chi connectivity index (χ2v) is 9.73. The second-order valence-electron chi connectivity index (χ2n) is 8.18. The summed E-state index contributed by atoms with van der Waals surface area (Å²) in [6.45, 7) is 4.70. The number of rotatable bonds is 11. The number of carbonyl (C=O) groups is 1.